The Bertz CT molecular complexity index is 703. The highest BCUT2D eigenvalue weighted by Crippen LogP contribution is 2.18. The van der Waals surface area contributed by atoms with Gasteiger partial charge >= 0.3 is 0 Å². The first-order chi connectivity index (χ1) is 26.0. The van der Waals surface area contributed by atoms with Crippen LogP contribution >= 0.6 is 0 Å². The molecule has 0 aromatic heterocycles. The van der Waals surface area contributed by atoms with Crippen molar-refractivity contribution >= 4 is 5.91 Å². The number of hydrogen-bond acceptors (Lipinski definition) is 4. The van der Waals surface area contributed by atoms with Crippen LogP contribution in [0.4, 0.5) is 0 Å². The van der Waals surface area contributed by atoms with Gasteiger partial charge in [0.05, 0.1) is 31.3 Å². The Hall–Kier alpha value is -0.650. The lowest BCUT2D eigenvalue weighted by Crippen LogP contribution is -2.46. The zero-order valence-corrected chi connectivity index (χ0v) is 36.2. The van der Waals surface area contributed by atoms with Crippen molar-refractivity contribution in [1.29, 1.82) is 0 Å². The molecule has 0 aromatic rings. The molecule has 0 bridgehead atoms. The predicted octanol–water partition coefficient (Wildman–Crippen LogP) is 14.2. The van der Waals surface area contributed by atoms with Crippen LogP contribution in [0.5, 0.6) is 0 Å². The summed E-state index contributed by atoms with van der Waals surface area (Å²) in [5.41, 5.74) is 0. The minimum Gasteiger partial charge on any atom is -0.394 e. The molecule has 0 rings (SSSR count). The summed E-state index contributed by atoms with van der Waals surface area (Å²) in [4.78, 5) is 12.5. The van der Waals surface area contributed by atoms with Crippen LogP contribution < -0.4 is 5.32 Å². The van der Waals surface area contributed by atoms with Gasteiger partial charge in [0, 0.05) is 0 Å². The lowest BCUT2D eigenvalue weighted by Gasteiger charge is -2.23. The molecule has 53 heavy (non-hydrogen) atoms. The van der Waals surface area contributed by atoms with Crippen molar-refractivity contribution in [2.75, 3.05) is 6.61 Å². The molecule has 0 spiro atoms. The summed E-state index contributed by atoms with van der Waals surface area (Å²) in [5, 5.41) is 33.5. The van der Waals surface area contributed by atoms with Crippen molar-refractivity contribution in [3.8, 4) is 0 Å². The molecular formula is C48H97NO4. The summed E-state index contributed by atoms with van der Waals surface area (Å²) in [6.45, 7) is 4.29. The molecular weight excluding hydrogens is 655 g/mol. The molecule has 0 aliphatic heterocycles. The van der Waals surface area contributed by atoms with Crippen LogP contribution in [0.2, 0.25) is 0 Å². The third-order valence-electron chi connectivity index (χ3n) is 11.7. The van der Waals surface area contributed by atoms with Gasteiger partial charge in [-0.15, -0.1) is 0 Å². The van der Waals surface area contributed by atoms with E-state index in [9.17, 15) is 20.1 Å². The van der Waals surface area contributed by atoms with Gasteiger partial charge in [-0.25, -0.2) is 0 Å². The van der Waals surface area contributed by atoms with Gasteiger partial charge in [-0.1, -0.05) is 258 Å². The number of aliphatic hydroxyl groups is 3. The van der Waals surface area contributed by atoms with Gasteiger partial charge in [-0.05, 0) is 12.8 Å². The topological polar surface area (TPSA) is 89.8 Å². The molecule has 5 heteroatoms. The van der Waals surface area contributed by atoms with Crippen LogP contribution in [0.1, 0.15) is 277 Å². The monoisotopic (exact) mass is 752 g/mol. The highest BCUT2D eigenvalue weighted by molar-refractivity contribution is 5.76. The van der Waals surface area contributed by atoms with E-state index in [4.69, 9.17) is 0 Å². The highest BCUT2D eigenvalue weighted by atomic mass is 16.3. The Labute approximate surface area is 332 Å². The van der Waals surface area contributed by atoms with Crippen LogP contribution in [-0.4, -0.2) is 46.1 Å². The van der Waals surface area contributed by atoms with Crippen molar-refractivity contribution in [2.45, 2.75) is 295 Å². The lowest BCUT2D eigenvalue weighted by molar-refractivity contribution is -0.125. The Morgan fingerprint density at radius 2 is 0.642 bits per heavy atom. The van der Waals surface area contributed by atoms with E-state index in [-0.39, 0.29) is 18.9 Å². The first-order valence-electron chi connectivity index (χ1n) is 24.3. The second-order valence-corrected chi connectivity index (χ2v) is 17.1. The lowest BCUT2D eigenvalue weighted by atomic mass is 10.0. The SMILES string of the molecule is CCCCCCCCCCCCCCCCCCCCCCCC(O)CC(=O)NC(CO)C(O)CCCCCCCCCCCCCCCCCCC. The summed E-state index contributed by atoms with van der Waals surface area (Å²) in [6.07, 6.45) is 50.8. The smallest absolute Gasteiger partial charge is 0.222 e. The fraction of sp³-hybridized carbons (Fsp3) is 0.979. The van der Waals surface area contributed by atoms with Gasteiger partial charge in [0.15, 0.2) is 0 Å². The van der Waals surface area contributed by atoms with E-state index in [2.05, 4.69) is 19.2 Å². The molecule has 0 fully saturated rings. The van der Waals surface area contributed by atoms with E-state index in [0.29, 0.717) is 12.8 Å². The molecule has 318 valence electrons. The summed E-state index contributed by atoms with van der Waals surface area (Å²) in [6, 6.07) is -0.653. The van der Waals surface area contributed by atoms with E-state index >= 15 is 0 Å². The van der Waals surface area contributed by atoms with Crippen LogP contribution in [0.25, 0.3) is 0 Å². The molecule has 0 aliphatic rings. The molecule has 0 saturated heterocycles. The van der Waals surface area contributed by atoms with Crippen molar-refractivity contribution in [1.82, 2.24) is 5.32 Å². The van der Waals surface area contributed by atoms with Gasteiger partial charge < -0.3 is 20.6 Å². The third-order valence-corrected chi connectivity index (χ3v) is 11.7. The quantitative estimate of drug-likeness (QED) is 0.0466. The Balaban J connectivity index is 3.54. The second kappa shape index (κ2) is 44.1. The average Bonchev–Trinajstić information content (AvgIpc) is 3.15. The summed E-state index contributed by atoms with van der Waals surface area (Å²) >= 11 is 0. The fourth-order valence-electron chi connectivity index (χ4n) is 7.94. The second-order valence-electron chi connectivity index (χ2n) is 17.1. The van der Waals surface area contributed by atoms with Crippen LogP contribution in [0, 0.1) is 0 Å². The maximum absolute atomic E-state index is 12.5. The van der Waals surface area contributed by atoms with Gasteiger partial charge in [-0.3, -0.25) is 4.79 Å². The van der Waals surface area contributed by atoms with E-state index in [1.54, 1.807) is 0 Å². The summed E-state index contributed by atoms with van der Waals surface area (Å²) in [5.74, 6) is -0.276. The molecule has 0 radical (unpaired) electrons. The van der Waals surface area contributed by atoms with Crippen LogP contribution in [-0.2, 0) is 4.79 Å². The number of carbonyl (C=O) groups is 1. The molecule has 0 saturated carbocycles. The van der Waals surface area contributed by atoms with Crippen molar-refractivity contribution < 1.29 is 20.1 Å². The van der Waals surface area contributed by atoms with E-state index < -0.39 is 18.2 Å². The zero-order chi connectivity index (χ0) is 38.7. The number of rotatable bonds is 45. The van der Waals surface area contributed by atoms with Gasteiger partial charge in [0.2, 0.25) is 5.91 Å². The molecule has 0 aromatic carbocycles. The van der Waals surface area contributed by atoms with Crippen molar-refractivity contribution in [3.05, 3.63) is 0 Å². The fourth-order valence-corrected chi connectivity index (χ4v) is 7.94. The molecule has 0 aliphatic carbocycles. The molecule has 4 N–H and O–H groups in total. The minimum absolute atomic E-state index is 0.0432. The summed E-state index contributed by atoms with van der Waals surface area (Å²) in [7, 11) is 0. The number of carbonyl (C=O) groups excluding carboxylic acids is 1. The minimum atomic E-state index is -0.744. The predicted molar refractivity (Wildman–Crippen MR) is 232 cm³/mol. The van der Waals surface area contributed by atoms with E-state index in [1.807, 2.05) is 0 Å². The number of unbranched alkanes of at least 4 members (excludes halogenated alkanes) is 36. The van der Waals surface area contributed by atoms with Gasteiger partial charge in [-0.2, -0.15) is 0 Å². The molecule has 5 nitrogen and oxygen atoms in total. The first-order valence-corrected chi connectivity index (χ1v) is 24.3. The normalized spacial score (nSPS) is 13.4. The maximum atomic E-state index is 12.5. The van der Waals surface area contributed by atoms with Gasteiger partial charge in [0.25, 0.3) is 0 Å². The first kappa shape index (κ1) is 52.3. The largest absolute Gasteiger partial charge is 0.394 e. The average molecular weight is 752 g/mol. The maximum Gasteiger partial charge on any atom is 0.222 e. The number of nitrogens with one attached hydrogen (secondary N) is 1. The molecule has 3 atom stereocenters. The Morgan fingerprint density at radius 1 is 0.396 bits per heavy atom. The number of amides is 1. The zero-order valence-electron chi connectivity index (χ0n) is 36.2. The van der Waals surface area contributed by atoms with Crippen molar-refractivity contribution in [2.24, 2.45) is 0 Å². The molecule has 3 unspecified atom stereocenters. The number of aliphatic hydroxyl groups excluding tert-OH is 3. The Morgan fingerprint density at radius 3 is 0.906 bits per heavy atom. The van der Waals surface area contributed by atoms with Crippen LogP contribution in [0.3, 0.4) is 0 Å². The van der Waals surface area contributed by atoms with Gasteiger partial charge in [0.1, 0.15) is 0 Å². The Kier molecular flexibility index (Phi) is 43.5. The highest BCUT2D eigenvalue weighted by Gasteiger charge is 2.21. The van der Waals surface area contributed by atoms with Crippen molar-refractivity contribution in [3.63, 3.8) is 0 Å². The summed E-state index contributed by atoms with van der Waals surface area (Å²) < 4.78 is 0. The molecule has 0 heterocycles. The van der Waals surface area contributed by atoms with E-state index in [0.717, 1.165) is 25.7 Å². The standard InChI is InChI=1S/C48H97NO4/c1-3-5-7-9-11-13-15-17-19-21-22-23-24-26-27-29-31-33-35-37-39-41-45(51)43-48(53)49-46(44-50)47(52)42-40-38-36-34-32-30-28-25-20-18-16-14-12-10-8-6-4-2/h45-47,50-52H,3-44H2,1-2H3,(H,49,53). The number of hydrogen-bond donors (Lipinski definition) is 4. The van der Waals surface area contributed by atoms with E-state index in [1.165, 1.54) is 218 Å². The molecule has 1 amide bonds. The van der Waals surface area contributed by atoms with Crippen LogP contribution in [0.15, 0.2) is 0 Å². The third kappa shape index (κ3) is 40.8.